The predicted octanol–water partition coefficient (Wildman–Crippen LogP) is 5.24. The van der Waals surface area contributed by atoms with Crippen LogP contribution in [-0.2, 0) is 5.33 Å². The van der Waals surface area contributed by atoms with E-state index in [1.54, 1.807) is 31.2 Å². The normalized spacial score (nSPS) is 10.3. The Balaban J connectivity index is 2.42. The minimum atomic E-state index is -0.425. The number of halogens is 2. The summed E-state index contributed by atoms with van der Waals surface area (Å²) >= 11 is 9.33. The van der Waals surface area contributed by atoms with Gasteiger partial charge in [0.2, 0.25) is 0 Å². The Kier molecular flexibility index (Phi) is 4.62. The summed E-state index contributed by atoms with van der Waals surface area (Å²) < 4.78 is 5.78. The van der Waals surface area contributed by atoms with Crippen LogP contribution in [0.25, 0.3) is 0 Å². The molecule has 0 bridgehead atoms. The molecule has 0 radical (unpaired) electrons. The van der Waals surface area contributed by atoms with Crippen molar-refractivity contribution in [3.05, 3.63) is 62.7 Å². The Labute approximate surface area is 129 Å². The zero-order valence-corrected chi connectivity index (χ0v) is 12.9. The summed E-state index contributed by atoms with van der Waals surface area (Å²) in [6, 6.07) is 10.0. The van der Waals surface area contributed by atoms with E-state index in [1.807, 2.05) is 6.07 Å². The SMILES string of the molecule is Cc1c(Oc2cc(Cl)ccc2CBr)cccc1[N+](=O)[O-]. The van der Waals surface area contributed by atoms with Crippen molar-refractivity contribution >= 4 is 33.2 Å². The Morgan fingerprint density at radius 3 is 2.70 bits per heavy atom. The zero-order chi connectivity index (χ0) is 14.7. The van der Waals surface area contributed by atoms with Crippen LogP contribution in [-0.4, -0.2) is 4.92 Å². The fourth-order valence-electron chi connectivity index (χ4n) is 1.76. The Hall–Kier alpha value is -1.59. The topological polar surface area (TPSA) is 52.4 Å². The van der Waals surface area contributed by atoms with E-state index in [-0.39, 0.29) is 5.69 Å². The van der Waals surface area contributed by atoms with Gasteiger partial charge in [-0.3, -0.25) is 10.1 Å². The molecule has 2 aromatic carbocycles. The molecule has 0 aliphatic rings. The second kappa shape index (κ2) is 6.24. The molecule has 0 saturated heterocycles. The molecule has 104 valence electrons. The molecule has 0 fully saturated rings. The van der Waals surface area contributed by atoms with Crippen LogP contribution in [0.4, 0.5) is 5.69 Å². The summed E-state index contributed by atoms with van der Waals surface area (Å²) in [5.74, 6) is 1.03. The number of ether oxygens (including phenoxy) is 1. The van der Waals surface area contributed by atoms with Crippen molar-refractivity contribution in [1.29, 1.82) is 0 Å². The van der Waals surface area contributed by atoms with E-state index in [4.69, 9.17) is 16.3 Å². The van der Waals surface area contributed by atoms with E-state index in [2.05, 4.69) is 15.9 Å². The third kappa shape index (κ3) is 3.11. The highest BCUT2D eigenvalue weighted by Crippen LogP contribution is 2.34. The smallest absolute Gasteiger partial charge is 0.276 e. The number of rotatable bonds is 4. The highest BCUT2D eigenvalue weighted by atomic mass is 79.9. The highest BCUT2D eigenvalue weighted by Gasteiger charge is 2.15. The first-order chi connectivity index (χ1) is 9.52. The molecule has 0 unspecified atom stereocenters. The van der Waals surface area contributed by atoms with Gasteiger partial charge in [-0.2, -0.15) is 0 Å². The van der Waals surface area contributed by atoms with Crippen LogP contribution in [0, 0.1) is 17.0 Å². The standard InChI is InChI=1S/C14H11BrClNO3/c1-9-12(17(18)19)3-2-4-13(9)20-14-7-11(16)6-5-10(14)8-15/h2-7H,8H2,1H3. The van der Waals surface area contributed by atoms with Crippen LogP contribution in [0.3, 0.4) is 0 Å². The molecule has 0 spiro atoms. The summed E-state index contributed by atoms with van der Waals surface area (Å²) in [6.45, 7) is 1.66. The van der Waals surface area contributed by atoms with Gasteiger partial charge < -0.3 is 4.74 Å². The van der Waals surface area contributed by atoms with E-state index >= 15 is 0 Å². The second-order valence-corrected chi connectivity index (χ2v) is 5.14. The molecule has 0 N–H and O–H groups in total. The summed E-state index contributed by atoms with van der Waals surface area (Å²) in [6.07, 6.45) is 0. The van der Waals surface area contributed by atoms with Gasteiger partial charge in [0.15, 0.2) is 0 Å². The fourth-order valence-corrected chi connectivity index (χ4v) is 2.39. The molecular formula is C14H11BrClNO3. The molecule has 2 aromatic rings. The molecule has 0 heterocycles. The quantitative estimate of drug-likeness (QED) is 0.427. The average Bonchev–Trinajstić information content (AvgIpc) is 2.41. The lowest BCUT2D eigenvalue weighted by Gasteiger charge is -2.12. The first kappa shape index (κ1) is 14.8. The molecule has 6 heteroatoms. The van der Waals surface area contributed by atoms with Crippen molar-refractivity contribution in [3.8, 4) is 11.5 Å². The zero-order valence-electron chi connectivity index (χ0n) is 10.6. The van der Waals surface area contributed by atoms with Crippen LogP contribution < -0.4 is 4.74 Å². The molecule has 0 saturated carbocycles. The number of alkyl halides is 1. The summed E-state index contributed by atoms with van der Waals surface area (Å²) in [4.78, 5) is 10.5. The van der Waals surface area contributed by atoms with Crippen LogP contribution in [0.15, 0.2) is 36.4 Å². The van der Waals surface area contributed by atoms with Gasteiger partial charge in [-0.25, -0.2) is 0 Å². The predicted molar refractivity (Wildman–Crippen MR) is 82.0 cm³/mol. The maximum Gasteiger partial charge on any atom is 0.276 e. The third-order valence-corrected chi connectivity index (χ3v) is 3.68. The van der Waals surface area contributed by atoms with Crippen molar-refractivity contribution in [3.63, 3.8) is 0 Å². The Morgan fingerprint density at radius 1 is 1.30 bits per heavy atom. The summed E-state index contributed by atoms with van der Waals surface area (Å²) in [7, 11) is 0. The Morgan fingerprint density at radius 2 is 2.05 bits per heavy atom. The van der Waals surface area contributed by atoms with E-state index < -0.39 is 4.92 Å². The van der Waals surface area contributed by atoms with Crippen molar-refractivity contribution in [1.82, 2.24) is 0 Å². The minimum Gasteiger partial charge on any atom is -0.456 e. The number of benzene rings is 2. The number of hydrogen-bond acceptors (Lipinski definition) is 3. The summed E-state index contributed by atoms with van der Waals surface area (Å²) in [5.41, 5.74) is 1.43. The van der Waals surface area contributed by atoms with Gasteiger partial charge >= 0.3 is 0 Å². The molecule has 4 nitrogen and oxygen atoms in total. The van der Waals surface area contributed by atoms with Gasteiger partial charge in [0.1, 0.15) is 11.5 Å². The molecule has 2 rings (SSSR count). The van der Waals surface area contributed by atoms with Crippen LogP contribution in [0.2, 0.25) is 5.02 Å². The van der Waals surface area contributed by atoms with Gasteiger partial charge in [-0.1, -0.05) is 39.7 Å². The molecule has 0 aromatic heterocycles. The summed E-state index contributed by atoms with van der Waals surface area (Å²) in [5, 5.41) is 12.1. The van der Waals surface area contributed by atoms with Gasteiger partial charge in [-0.15, -0.1) is 0 Å². The lowest BCUT2D eigenvalue weighted by atomic mass is 10.1. The fraction of sp³-hybridized carbons (Fsp3) is 0.143. The van der Waals surface area contributed by atoms with Crippen molar-refractivity contribution < 1.29 is 9.66 Å². The molecule has 0 aliphatic heterocycles. The number of nitrogens with zero attached hydrogens (tertiary/aromatic N) is 1. The largest absolute Gasteiger partial charge is 0.456 e. The molecular weight excluding hydrogens is 346 g/mol. The number of hydrogen-bond donors (Lipinski definition) is 0. The molecule has 0 amide bonds. The molecule has 0 aliphatic carbocycles. The maximum atomic E-state index is 10.9. The lowest BCUT2D eigenvalue weighted by molar-refractivity contribution is -0.385. The lowest BCUT2D eigenvalue weighted by Crippen LogP contribution is -1.96. The van der Waals surface area contributed by atoms with Crippen molar-refractivity contribution in [2.24, 2.45) is 0 Å². The highest BCUT2D eigenvalue weighted by molar-refractivity contribution is 9.08. The van der Waals surface area contributed by atoms with E-state index in [9.17, 15) is 10.1 Å². The van der Waals surface area contributed by atoms with Crippen molar-refractivity contribution in [2.75, 3.05) is 0 Å². The maximum absolute atomic E-state index is 10.9. The minimum absolute atomic E-state index is 0.0323. The van der Waals surface area contributed by atoms with E-state index in [0.717, 1.165) is 5.56 Å². The number of nitro benzene ring substituents is 1. The van der Waals surface area contributed by atoms with Gasteiger partial charge in [0.05, 0.1) is 10.5 Å². The monoisotopic (exact) mass is 355 g/mol. The van der Waals surface area contributed by atoms with E-state index in [0.29, 0.717) is 27.4 Å². The Bertz CT molecular complexity index is 661. The third-order valence-electron chi connectivity index (χ3n) is 2.85. The van der Waals surface area contributed by atoms with Crippen molar-refractivity contribution in [2.45, 2.75) is 12.3 Å². The number of nitro groups is 1. The van der Waals surface area contributed by atoms with Crippen LogP contribution >= 0.6 is 27.5 Å². The van der Waals surface area contributed by atoms with Crippen LogP contribution in [0.1, 0.15) is 11.1 Å². The van der Waals surface area contributed by atoms with Gasteiger partial charge in [0, 0.05) is 22.0 Å². The van der Waals surface area contributed by atoms with Crippen LogP contribution in [0.5, 0.6) is 11.5 Å². The first-order valence-electron chi connectivity index (χ1n) is 5.79. The molecule has 0 atom stereocenters. The average molecular weight is 357 g/mol. The second-order valence-electron chi connectivity index (χ2n) is 4.15. The van der Waals surface area contributed by atoms with E-state index in [1.165, 1.54) is 6.07 Å². The molecule has 20 heavy (non-hydrogen) atoms. The first-order valence-corrected chi connectivity index (χ1v) is 7.29. The van der Waals surface area contributed by atoms with Gasteiger partial charge in [-0.05, 0) is 25.1 Å². The van der Waals surface area contributed by atoms with Gasteiger partial charge in [0.25, 0.3) is 5.69 Å².